The van der Waals surface area contributed by atoms with Gasteiger partial charge in [0.25, 0.3) is 15.9 Å². The molecule has 1 heterocycles. The fourth-order valence-electron chi connectivity index (χ4n) is 4.27. The molecule has 0 aliphatic heterocycles. The van der Waals surface area contributed by atoms with Crippen molar-refractivity contribution in [1.82, 2.24) is 9.99 Å². The van der Waals surface area contributed by atoms with E-state index in [2.05, 4.69) is 10.5 Å². The highest BCUT2D eigenvalue weighted by atomic mass is 35.5. The fraction of sp³-hybridized carbons (Fsp3) is 0.172. The molecule has 0 atom stereocenters. The van der Waals surface area contributed by atoms with Crippen LogP contribution in [0.3, 0.4) is 0 Å². The number of sulfonamides is 1. The van der Waals surface area contributed by atoms with Crippen molar-refractivity contribution in [2.24, 2.45) is 5.10 Å². The molecule has 0 saturated heterocycles. The van der Waals surface area contributed by atoms with E-state index in [0.717, 1.165) is 32.5 Å². The van der Waals surface area contributed by atoms with Gasteiger partial charge < -0.3 is 9.30 Å². The molecule has 11 heteroatoms. The van der Waals surface area contributed by atoms with E-state index < -0.39 is 22.5 Å². The highest BCUT2D eigenvalue weighted by Gasteiger charge is 2.29. The van der Waals surface area contributed by atoms with E-state index in [4.69, 9.17) is 27.9 Å². The van der Waals surface area contributed by atoms with E-state index in [9.17, 15) is 13.2 Å². The number of benzene rings is 3. The normalized spacial score (nSPS) is 11.6. The zero-order valence-electron chi connectivity index (χ0n) is 22.4. The first-order valence-electron chi connectivity index (χ1n) is 12.2. The number of hydrogen-bond acceptors (Lipinski definition) is 5. The number of amides is 1. The first-order valence-corrected chi connectivity index (χ1v) is 14.4. The Morgan fingerprint density at radius 3 is 2.38 bits per heavy atom. The number of carbonyl (C=O) groups is 1. The van der Waals surface area contributed by atoms with Crippen molar-refractivity contribution in [3.8, 4) is 11.4 Å². The highest BCUT2D eigenvalue weighted by molar-refractivity contribution is 7.92. The largest absolute Gasteiger partial charge is 0.495 e. The van der Waals surface area contributed by atoms with Crippen LogP contribution in [0.15, 0.2) is 82.8 Å². The average Bonchev–Trinajstić information content (AvgIpc) is 3.19. The Labute approximate surface area is 243 Å². The Morgan fingerprint density at radius 2 is 1.70 bits per heavy atom. The van der Waals surface area contributed by atoms with Crippen molar-refractivity contribution in [2.75, 3.05) is 18.0 Å². The molecule has 3 aromatic carbocycles. The van der Waals surface area contributed by atoms with Crippen molar-refractivity contribution < 1.29 is 17.9 Å². The molecule has 40 heavy (non-hydrogen) atoms. The summed E-state index contributed by atoms with van der Waals surface area (Å²) >= 11 is 12.4. The lowest BCUT2D eigenvalue weighted by molar-refractivity contribution is -0.119. The van der Waals surface area contributed by atoms with Crippen molar-refractivity contribution in [3.05, 3.63) is 105 Å². The first kappa shape index (κ1) is 29.2. The minimum Gasteiger partial charge on any atom is -0.495 e. The summed E-state index contributed by atoms with van der Waals surface area (Å²) in [5, 5.41) is 5.00. The van der Waals surface area contributed by atoms with Crippen LogP contribution in [-0.4, -0.2) is 38.8 Å². The van der Waals surface area contributed by atoms with Gasteiger partial charge in [-0.05, 0) is 75.4 Å². The van der Waals surface area contributed by atoms with Crippen LogP contribution < -0.4 is 14.5 Å². The molecular weight excluding hydrogens is 571 g/mol. The van der Waals surface area contributed by atoms with Gasteiger partial charge in [0.2, 0.25) is 0 Å². The van der Waals surface area contributed by atoms with Crippen LogP contribution in [0, 0.1) is 20.8 Å². The minimum atomic E-state index is -4.17. The number of ether oxygens (including phenoxy) is 1. The number of methoxy groups -OCH3 is 1. The monoisotopic (exact) mass is 598 g/mol. The molecule has 0 radical (unpaired) electrons. The van der Waals surface area contributed by atoms with E-state index in [0.29, 0.717) is 5.02 Å². The molecule has 208 valence electrons. The number of hydrogen-bond donors (Lipinski definition) is 1. The Bertz CT molecular complexity index is 1680. The summed E-state index contributed by atoms with van der Waals surface area (Å²) < 4.78 is 35.8. The first-order chi connectivity index (χ1) is 19.0. The van der Waals surface area contributed by atoms with Gasteiger partial charge in [0.1, 0.15) is 12.3 Å². The predicted molar refractivity (Wildman–Crippen MR) is 160 cm³/mol. The molecule has 1 amide bonds. The number of halogens is 2. The SMILES string of the molecule is COc1ccc(Cl)cc1N(CC(=O)N/N=C\c1cc(C)n(-c2cccc(Cl)c2)c1C)S(=O)(=O)c1ccc(C)cc1. The Balaban J connectivity index is 1.61. The van der Waals surface area contributed by atoms with Crippen LogP contribution in [0.2, 0.25) is 10.0 Å². The van der Waals surface area contributed by atoms with Crippen LogP contribution in [0.5, 0.6) is 5.75 Å². The molecule has 0 saturated carbocycles. The van der Waals surface area contributed by atoms with Gasteiger partial charge in [-0.3, -0.25) is 9.10 Å². The summed E-state index contributed by atoms with van der Waals surface area (Å²) in [6.07, 6.45) is 1.51. The Kier molecular flexibility index (Phi) is 8.88. The van der Waals surface area contributed by atoms with Crippen molar-refractivity contribution in [2.45, 2.75) is 25.7 Å². The number of nitrogens with zero attached hydrogens (tertiary/aromatic N) is 3. The Morgan fingerprint density at radius 1 is 1.00 bits per heavy atom. The van der Waals surface area contributed by atoms with Gasteiger partial charge in [0.05, 0.1) is 23.9 Å². The lowest BCUT2D eigenvalue weighted by Gasteiger charge is -2.25. The fourth-order valence-corrected chi connectivity index (χ4v) is 6.04. The average molecular weight is 600 g/mol. The molecule has 0 spiro atoms. The number of carbonyl (C=O) groups excluding carboxylic acids is 1. The molecule has 4 aromatic rings. The van der Waals surface area contributed by atoms with Gasteiger partial charge in [0.15, 0.2) is 0 Å². The van der Waals surface area contributed by atoms with Gasteiger partial charge >= 0.3 is 0 Å². The van der Waals surface area contributed by atoms with Gasteiger partial charge in [-0.15, -0.1) is 0 Å². The summed E-state index contributed by atoms with van der Waals surface area (Å²) in [6.45, 7) is 5.17. The molecule has 0 unspecified atom stereocenters. The van der Waals surface area contributed by atoms with Crippen LogP contribution >= 0.6 is 23.2 Å². The predicted octanol–water partition coefficient (Wildman–Crippen LogP) is 6.06. The highest BCUT2D eigenvalue weighted by Crippen LogP contribution is 2.34. The van der Waals surface area contributed by atoms with Crippen molar-refractivity contribution >= 4 is 51.0 Å². The van der Waals surface area contributed by atoms with E-state index in [1.165, 1.54) is 31.5 Å². The summed E-state index contributed by atoms with van der Waals surface area (Å²) in [7, 11) is -2.76. The summed E-state index contributed by atoms with van der Waals surface area (Å²) in [6, 6.07) is 20.3. The molecule has 1 aromatic heterocycles. The third kappa shape index (κ3) is 6.33. The van der Waals surface area contributed by atoms with Crippen LogP contribution in [0.4, 0.5) is 5.69 Å². The zero-order chi connectivity index (χ0) is 29.0. The lowest BCUT2D eigenvalue weighted by atomic mass is 10.2. The Hall–Kier alpha value is -3.79. The third-order valence-electron chi connectivity index (χ3n) is 6.24. The molecule has 0 aliphatic rings. The number of nitrogens with one attached hydrogen (secondary N) is 1. The molecular formula is C29H28Cl2N4O4S. The quantitative estimate of drug-likeness (QED) is 0.187. The number of hydrazone groups is 1. The van der Waals surface area contributed by atoms with Gasteiger partial charge in [-0.25, -0.2) is 13.8 Å². The molecule has 0 aliphatic carbocycles. The molecule has 8 nitrogen and oxygen atoms in total. The maximum Gasteiger partial charge on any atom is 0.264 e. The number of anilines is 1. The number of aryl methyl sites for hydroxylation is 2. The van der Waals surface area contributed by atoms with Crippen LogP contribution in [0.25, 0.3) is 5.69 Å². The van der Waals surface area contributed by atoms with Gasteiger partial charge in [-0.1, -0.05) is 47.0 Å². The van der Waals surface area contributed by atoms with E-state index in [1.54, 1.807) is 30.3 Å². The van der Waals surface area contributed by atoms with E-state index in [1.807, 2.05) is 49.6 Å². The second-order valence-corrected chi connectivity index (χ2v) is 11.8. The summed E-state index contributed by atoms with van der Waals surface area (Å²) in [5.74, 6) is -0.414. The van der Waals surface area contributed by atoms with Gasteiger partial charge in [-0.2, -0.15) is 5.10 Å². The standard InChI is InChI=1S/C29H28Cl2N4O4S/c1-19-8-11-26(12-9-19)40(37,38)34(27-16-24(31)10-13-28(27)39-4)18-29(36)33-32-17-22-14-20(2)35(21(22)3)25-7-5-6-23(30)15-25/h5-17H,18H2,1-4H3,(H,33,36)/b32-17-. The number of aromatic nitrogens is 1. The van der Waals surface area contributed by atoms with Crippen LogP contribution in [0.1, 0.15) is 22.5 Å². The second-order valence-electron chi connectivity index (χ2n) is 9.08. The molecule has 4 rings (SSSR count). The van der Waals surface area contributed by atoms with Crippen molar-refractivity contribution in [3.63, 3.8) is 0 Å². The smallest absolute Gasteiger partial charge is 0.264 e. The molecule has 0 fully saturated rings. The van der Waals surface area contributed by atoms with Gasteiger partial charge in [0, 0.05) is 32.7 Å². The minimum absolute atomic E-state index is 0.0184. The summed E-state index contributed by atoms with van der Waals surface area (Å²) in [5.41, 5.74) is 6.99. The van der Waals surface area contributed by atoms with Crippen LogP contribution in [-0.2, 0) is 14.8 Å². The molecule has 0 bridgehead atoms. The zero-order valence-corrected chi connectivity index (χ0v) is 24.7. The number of rotatable bonds is 9. The maximum absolute atomic E-state index is 13.7. The van der Waals surface area contributed by atoms with E-state index >= 15 is 0 Å². The van der Waals surface area contributed by atoms with E-state index in [-0.39, 0.29) is 21.4 Å². The lowest BCUT2D eigenvalue weighted by Crippen LogP contribution is -2.39. The second kappa shape index (κ2) is 12.2. The topological polar surface area (TPSA) is 93.0 Å². The van der Waals surface area contributed by atoms with Crippen molar-refractivity contribution in [1.29, 1.82) is 0 Å². The third-order valence-corrected chi connectivity index (χ3v) is 8.48. The molecule has 1 N–H and O–H groups in total. The maximum atomic E-state index is 13.7. The summed E-state index contributed by atoms with van der Waals surface area (Å²) in [4.78, 5) is 13.0.